The number of halogens is 3. The highest BCUT2D eigenvalue weighted by Gasteiger charge is 2.43. The molecule has 2 aromatic rings. The summed E-state index contributed by atoms with van der Waals surface area (Å²) in [4.78, 5) is 26.7. The molecule has 4 rings (SSSR count). The van der Waals surface area contributed by atoms with Gasteiger partial charge in [0, 0.05) is 31.1 Å². The van der Waals surface area contributed by atoms with Crippen LogP contribution in [0.15, 0.2) is 53.4 Å². The fourth-order valence-corrected chi connectivity index (χ4v) is 6.02. The minimum absolute atomic E-state index is 0.0205. The number of amides is 1. The van der Waals surface area contributed by atoms with Gasteiger partial charge in [0.25, 0.3) is 0 Å². The molecule has 2 aromatic carbocycles. The van der Waals surface area contributed by atoms with Crippen molar-refractivity contribution < 1.29 is 35.9 Å². The van der Waals surface area contributed by atoms with Crippen molar-refractivity contribution in [1.29, 1.82) is 0 Å². The quantitative estimate of drug-likeness (QED) is 0.607. The van der Waals surface area contributed by atoms with Gasteiger partial charge in [-0.3, -0.25) is 9.69 Å². The Morgan fingerprint density at radius 1 is 1.03 bits per heavy atom. The van der Waals surface area contributed by atoms with Gasteiger partial charge in [-0.2, -0.15) is 17.5 Å². The van der Waals surface area contributed by atoms with E-state index in [2.05, 4.69) is 0 Å². The van der Waals surface area contributed by atoms with Gasteiger partial charge in [0.05, 0.1) is 17.6 Å². The second-order valence-corrected chi connectivity index (χ2v) is 10.2. The highest BCUT2D eigenvalue weighted by atomic mass is 32.2. The topological polar surface area (TPSA) is 84.0 Å². The zero-order valence-electron chi connectivity index (χ0n) is 18.3. The number of hydrogen-bond acceptors (Lipinski definition) is 5. The lowest BCUT2D eigenvalue weighted by molar-refractivity contribution is -0.143. The average Bonchev–Trinajstić information content (AvgIpc) is 3.22. The molecule has 11 heteroatoms. The van der Waals surface area contributed by atoms with Gasteiger partial charge in [0.2, 0.25) is 15.9 Å². The Hall–Kier alpha value is -2.92. The van der Waals surface area contributed by atoms with Gasteiger partial charge in [0.1, 0.15) is 6.04 Å². The molecule has 1 fully saturated rings. The molecule has 2 aliphatic rings. The van der Waals surface area contributed by atoms with Crippen LogP contribution in [0.2, 0.25) is 0 Å². The van der Waals surface area contributed by atoms with Crippen LogP contribution in [0, 0.1) is 5.92 Å². The molecule has 1 atom stereocenters. The molecule has 0 spiro atoms. The summed E-state index contributed by atoms with van der Waals surface area (Å²) >= 11 is 0. The Morgan fingerprint density at radius 3 is 2.35 bits per heavy atom. The predicted molar refractivity (Wildman–Crippen MR) is 116 cm³/mol. The lowest BCUT2D eigenvalue weighted by atomic mass is 9.96. The van der Waals surface area contributed by atoms with Crippen LogP contribution in [0.25, 0.3) is 0 Å². The Morgan fingerprint density at radius 2 is 1.71 bits per heavy atom. The number of benzene rings is 2. The molecule has 0 saturated carbocycles. The summed E-state index contributed by atoms with van der Waals surface area (Å²) in [5.74, 6) is -1.36. The number of sulfonamides is 1. The fraction of sp³-hybridized carbons (Fsp3) is 0.391. The van der Waals surface area contributed by atoms with Gasteiger partial charge < -0.3 is 4.74 Å². The van der Waals surface area contributed by atoms with Gasteiger partial charge in [-0.1, -0.05) is 24.3 Å². The van der Waals surface area contributed by atoms with E-state index in [-0.39, 0.29) is 31.8 Å². The number of ether oxygens (including phenoxy) is 1. The fourth-order valence-electron chi connectivity index (χ4n) is 4.50. The first-order valence-corrected chi connectivity index (χ1v) is 12.1. The van der Waals surface area contributed by atoms with Crippen molar-refractivity contribution in [2.45, 2.75) is 36.4 Å². The van der Waals surface area contributed by atoms with E-state index >= 15 is 0 Å². The number of fused-ring (bicyclic) bond motifs is 1. The number of para-hydroxylation sites is 1. The van der Waals surface area contributed by atoms with Crippen LogP contribution in [-0.4, -0.2) is 50.8 Å². The summed E-state index contributed by atoms with van der Waals surface area (Å²) in [6.07, 6.45) is -3.96. The second kappa shape index (κ2) is 9.03. The zero-order valence-corrected chi connectivity index (χ0v) is 19.1. The smallest absolute Gasteiger partial charge is 0.416 e. The molecule has 2 heterocycles. The Balaban J connectivity index is 1.50. The number of alkyl halides is 3. The van der Waals surface area contributed by atoms with E-state index in [9.17, 15) is 31.2 Å². The monoisotopic (exact) mass is 496 g/mol. The second-order valence-electron chi connectivity index (χ2n) is 8.28. The molecule has 2 aliphatic heterocycles. The summed E-state index contributed by atoms with van der Waals surface area (Å²) < 4.78 is 70.9. The maximum atomic E-state index is 13.4. The normalized spacial score (nSPS) is 19.6. The highest BCUT2D eigenvalue weighted by Crippen LogP contribution is 2.36. The largest absolute Gasteiger partial charge is 0.467 e. The maximum absolute atomic E-state index is 13.4. The van der Waals surface area contributed by atoms with Crippen molar-refractivity contribution in [3.63, 3.8) is 0 Å². The van der Waals surface area contributed by atoms with E-state index in [4.69, 9.17) is 4.74 Å². The first kappa shape index (κ1) is 24.2. The molecule has 34 heavy (non-hydrogen) atoms. The molecule has 0 aliphatic carbocycles. The van der Waals surface area contributed by atoms with Crippen LogP contribution in [0.1, 0.15) is 24.0 Å². The van der Waals surface area contributed by atoms with Crippen molar-refractivity contribution in [2.75, 3.05) is 25.1 Å². The van der Waals surface area contributed by atoms with E-state index in [1.54, 1.807) is 12.1 Å². The number of nitrogens with zero attached hydrogens (tertiary/aromatic N) is 2. The van der Waals surface area contributed by atoms with Crippen molar-refractivity contribution in [2.24, 2.45) is 5.92 Å². The highest BCUT2D eigenvalue weighted by molar-refractivity contribution is 7.89. The van der Waals surface area contributed by atoms with E-state index in [1.165, 1.54) is 12.0 Å². The number of rotatable bonds is 4. The first-order chi connectivity index (χ1) is 16.0. The van der Waals surface area contributed by atoms with Crippen LogP contribution in [0.3, 0.4) is 0 Å². The van der Waals surface area contributed by atoms with E-state index in [0.29, 0.717) is 18.2 Å². The number of piperidine rings is 1. The van der Waals surface area contributed by atoms with Crippen LogP contribution < -0.4 is 4.90 Å². The summed E-state index contributed by atoms with van der Waals surface area (Å²) in [7, 11) is -2.90. The van der Waals surface area contributed by atoms with Crippen molar-refractivity contribution in [3.05, 3.63) is 59.7 Å². The summed E-state index contributed by atoms with van der Waals surface area (Å²) in [6, 6.07) is 10.0. The lowest BCUT2D eigenvalue weighted by Gasteiger charge is -2.34. The molecule has 7 nitrogen and oxygen atoms in total. The first-order valence-electron chi connectivity index (χ1n) is 10.7. The molecule has 0 N–H and O–H groups in total. The number of carbonyl (C=O) groups is 2. The third-order valence-corrected chi connectivity index (χ3v) is 8.18. The summed E-state index contributed by atoms with van der Waals surface area (Å²) in [6.45, 7) is -0.0409. The van der Waals surface area contributed by atoms with Crippen molar-refractivity contribution >= 4 is 27.6 Å². The van der Waals surface area contributed by atoms with Gasteiger partial charge >= 0.3 is 12.1 Å². The van der Waals surface area contributed by atoms with Crippen LogP contribution in [0.4, 0.5) is 18.9 Å². The average molecular weight is 497 g/mol. The van der Waals surface area contributed by atoms with Gasteiger partial charge in [-0.05, 0) is 42.7 Å². The number of anilines is 1. The van der Waals surface area contributed by atoms with E-state index in [1.807, 2.05) is 12.1 Å². The summed E-state index contributed by atoms with van der Waals surface area (Å²) in [5, 5.41) is 0. The molecular weight excluding hydrogens is 473 g/mol. The molecule has 0 bridgehead atoms. The van der Waals surface area contributed by atoms with Crippen molar-refractivity contribution in [3.8, 4) is 0 Å². The SMILES string of the molecule is COC(=O)C1Cc2ccccc2N1C(=O)C1CCN(S(=O)(=O)c2cccc(C(F)(F)F)c2)CC1. The number of methoxy groups -OCH3 is 1. The van der Waals surface area contributed by atoms with Crippen LogP contribution in [-0.2, 0) is 36.9 Å². The molecule has 0 aromatic heterocycles. The Bertz CT molecular complexity index is 1210. The molecular formula is C23H23F3N2O5S. The minimum atomic E-state index is -4.66. The summed E-state index contributed by atoms with van der Waals surface area (Å²) in [5.41, 5.74) is 0.429. The van der Waals surface area contributed by atoms with Crippen molar-refractivity contribution in [1.82, 2.24) is 4.31 Å². The Kier molecular flexibility index (Phi) is 6.43. The molecule has 182 valence electrons. The minimum Gasteiger partial charge on any atom is -0.467 e. The van der Waals surface area contributed by atoms with Crippen LogP contribution in [0.5, 0.6) is 0 Å². The Labute approximate surface area is 195 Å². The third kappa shape index (κ3) is 4.41. The van der Waals surface area contributed by atoms with Gasteiger partial charge in [-0.15, -0.1) is 0 Å². The van der Waals surface area contributed by atoms with E-state index in [0.717, 1.165) is 28.1 Å². The predicted octanol–water partition coefficient (Wildman–Crippen LogP) is 3.24. The zero-order chi connectivity index (χ0) is 24.7. The van der Waals surface area contributed by atoms with Crippen LogP contribution >= 0.6 is 0 Å². The standard InChI is InChI=1S/C23H23F3N2O5S/c1-33-22(30)20-13-16-5-2-3-8-19(16)28(20)21(29)15-9-11-27(12-10-15)34(31,32)18-7-4-6-17(14-18)23(24,25)26/h2-8,14-15,20H,9-13H2,1H3. The molecule has 1 unspecified atom stereocenters. The molecule has 1 amide bonds. The number of carbonyl (C=O) groups excluding carboxylic acids is 2. The molecule has 1 saturated heterocycles. The molecule has 0 radical (unpaired) electrons. The maximum Gasteiger partial charge on any atom is 0.416 e. The number of esters is 1. The lowest BCUT2D eigenvalue weighted by Crippen LogP contribution is -2.49. The number of hydrogen-bond donors (Lipinski definition) is 0. The van der Waals surface area contributed by atoms with Gasteiger partial charge in [-0.25, -0.2) is 13.2 Å². The van der Waals surface area contributed by atoms with Gasteiger partial charge in [0.15, 0.2) is 0 Å². The third-order valence-electron chi connectivity index (χ3n) is 6.29. The van der Waals surface area contributed by atoms with E-state index < -0.39 is 44.6 Å².